The first-order valence-corrected chi connectivity index (χ1v) is 8.14. The Hall–Kier alpha value is -2.29. The number of amides is 1. The number of piperidine rings is 1. The van der Waals surface area contributed by atoms with Crippen LogP contribution in [-0.4, -0.2) is 42.4 Å². The van der Waals surface area contributed by atoms with E-state index in [9.17, 15) is 18.0 Å². The molecule has 1 fully saturated rings. The molecule has 0 unspecified atom stereocenters. The van der Waals surface area contributed by atoms with Crippen molar-refractivity contribution in [2.24, 2.45) is 5.73 Å². The quantitative estimate of drug-likeness (QED) is 0.733. The molecule has 9 heteroatoms. The molecule has 1 atom stereocenters. The van der Waals surface area contributed by atoms with Gasteiger partial charge in [-0.1, -0.05) is 18.6 Å². The summed E-state index contributed by atoms with van der Waals surface area (Å²) in [6.07, 6.45) is -0.847. The van der Waals surface area contributed by atoms with Crippen molar-refractivity contribution in [2.45, 2.75) is 44.8 Å². The number of carbonyl (C=O) groups is 2. The molecule has 1 aromatic carbocycles. The molecule has 2 rings (SSSR count). The Morgan fingerprint density at radius 3 is 2.50 bits per heavy atom. The highest BCUT2D eigenvalue weighted by molar-refractivity contribution is 5.96. The van der Waals surface area contributed by atoms with Crippen LogP contribution in [0.25, 0.3) is 0 Å². The number of hydrogen-bond donors (Lipinski definition) is 3. The summed E-state index contributed by atoms with van der Waals surface area (Å²) < 4.78 is 42.1. The summed E-state index contributed by atoms with van der Waals surface area (Å²) in [4.78, 5) is 20.4. The number of nitrogens with one attached hydrogen (secondary N) is 1. The number of halogens is 3. The van der Waals surface area contributed by atoms with Gasteiger partial charge < -0.3 is 20.9 Å². The lowest BCUT2D eigenvalue weighted by Crippen LogP contribution is -2.35. The molecule has 1 aliphatic heterocycles. The van der Waals surface area contributed by atoms with Crippen LogP contribution in [0.5, 0.6) is 5.75 Å². The van der Waals surface area contributed by atoms with Crippen molar-refractivity contribution in [3.05, 3.63) is 29.3 Å². The minimum atomic E-state index is -4.47. The molecule has 1 aromatic rings. The van der Waals surface area contributed by atoms with E-state index in [0.717, 1.165) is 32.7 Å². The molecule has 0 bridgehead atoms. The number of nitrogens with two attached hydrogens (primary N) is 1. The van der Waals surface area contributed by atoms with Crippen molar-refractivity contribution >= 4 is 11.9 Å². The number of benzene rings is 1. The SMILES string of the molecule is CC(=O)O.NC(=O)c1cccc(C[C@@H]2CCCCN2)c1OCC(F)(F)F. The number of carbonyl (C=O) groups excluding carboxylic acids is 1. The van der Waals surface area contributed by atoms with Crippen LogP contribution in [-0.2, 0) is 11.2 Å². The van der Waals surface area contributed by atoms with Crippen molar-refractivity contribution < 1.29 is 32.6 Å². The van der Waals surface area contributed by atoms with Crippen molar-refractivity contribution in [1.29, 1.82) is 0 Å². The Morgan fingerprint density at radius 2 is 2.00 bits per heavy atom. The number of carboxylic acids is 1. The van der Waals surface area contributed by atoms with E-state index >= 15 is 0 Å². The number of primary amides is 1. The van der Waals surface area contributed by atoms with Crippen LogP contribution in [0, 0.1) is 0 Å². The lowest BCUT2D eigenvalue weighted by molar-refractivity contribution is -0.153. The van der Waals surface area contributed by atoms with Crippen LogP contribution < -0.4 is 15.8 Å². The van der Waals surface area contributed by atoms with E-state index in [1.54, 1.807) is 12.1 Å². The van der Waals surface area contributed by atoms with E-state index in [0.29, 0.717) is 12.0 Å². The van der Waals surface area contributed by atoms with Crippen LogP contribution >= 0.6 is 0 Å². The highest BCUT2D eigenvalue weighted by atomic mass is 19.4. The van der Waals surface area contributed by atoms with Gasteiger partial charge in [-0.2, -0.15) is 13.2 Å². The van der Waals surface area contributed by atoms with Crippen LogP contribution in [0.1, 0.15) is 42.1 Å². The molecule has 1 amide bonds. The Kier molecular flexibility index (Phi) is 8.37. The van der Waals surface area contributed by atoms with Crippen LogP contribution in [0.3, 0.4) is 0 Å². The summed E-state index contributed by atoms with van der Waals surface area (Å²) in [6.45, 7) is 0.529. The van der Waals surface area contributed by atoms with Gasteiger partial charge in [0.15, 0.2) is 6.61 Å². The predicted molar refractivity (Wildman–Crippen MR) is 89.2 cm³/mol. The standard InChI is InChI=1S/C15H19F3N2O2.C2H4O2/c16-15(17,18)9-22-13-10(4-3-6-12(13)14(19)21)8-11-5-1-2-7-20-11;1-2(3)4/h3-4,6,11,20H,1-2,5,7-9H2,(H2,19,21);1H3,(H,3,4)/t11-;/m0./s1. The summed E-state index contributed by atoms with van der Waals surface area (Å²) >= 11 is 0. The fourth-order valence-electron chi connectivity index (χ4n) is 2.63. The molecule has 26 heavy (non-hydrogen) atoms. The third kappa shape index (κ3) is 8.19. The van der Waals surface area contributed by atoms with Gasteiger partial charge in [0.1, 0.15) is 5.75 Å². The molecule has 6 nitrogen and oxygen atoms in total. The van der Waals surface area contributed by atoms with Gasteiger partial charge in [-0.25, -0.2) is 0 Å². The van der Waals surface area contributed by atoms with Crippen molar-refractivity contribution in [2.75, 3.05) is 13.2 Å². The van der Waals surface area contributed by atoms with Gasteiger partial charge in [0.2, 0.25) is 0 Å². The van der Waals surface area contributed by atoms with Crippen LogP contribution in [0.2, 0.25) is 0 Å². The minimum Gasteiger partial charge on any atom is -0.483 e. The highest BCUT2D eigenvalue weighted by Gasteiger charge is 2.30. The largest absolute Gasteiger partial charge is 0.483 e. The summed E-state index contributed by atoms with van der Waals surface area (Å²) in [5.74, 6) is -1.68. The second-order valence-corrected chi connectivity index (χ2v) is 5.93. The number of alkyl halides is 3. The normalized spacial score (nSPS) is 17.0. The highest BCUT2D eigenvalue weighted by Crippen LogP contribution is 2.28. The predicted octanol–water partition coefficient (Wildman–Crippen LogP) is 2.50. The molecular formula is C17H23F3N2O4. The monoisotopic (exact) mass is 376 g/mol. The molecule has 1 aliphatic rings. The van der Waals surface area contributed by atoms with Gasteiger partial charge in [-0.05, 0) is 37.4 Å². The number of rotatable bonds is 5. The molecule has 0 spiro atoms. The summed E-state index contributed by atoms with van der Waals surface area (Å²) in [5, 5.41) is 10.7. The van der Waals surface area contributed by atoms with E-state index in [2.05, 4.69) is 5.32 Å². The third-order valence-electron chi connectivity index (χ3n) is 3.62. The molecule has 1 saturated heterocycles. The smallest absolute Gasteiger partial charge is 0.422 e. The van der Waals surface area contributed by atoms with Crippen molar-refractivity contribution in [3.63, 3.8) is 0 Å². The number of ether oxygens (including phenoxy) is 1. The summed E-state index contributed by atoms with van der Waals surface area (Å²) in [7, 11) is 0. The number of hydrogen-bond acceptors (Lipinski definition) is 4. The average Bonchev–Trinajstić information content (AvgIpc) is 2.53. The average molecular weight is 376 g/mol. The zero-order chi connectivity index (χ0) is 19.7. The van der Waals surface area contributed by atoms with Crippen molar-refractivity contribution in [1.82, 2.24) is 5.32 Å². The van der Waals surface area contributed by atoms with E-state index in [-0.39, 0.29) is 17.4 Å². The molecule has 1 heterocycles. The second kappa shape index (κ2) is 10.0. The lowest BCUT2D eigenvalue weighted by atomic mass is 9.96. The number of carboxylic acid groups (broad SMARTS) is 1. The van der Waals surface area contributed by atoms with E-state index in [1.165, 1.54) is 6.07 Å². The zero-order valence-electron chi connectivity index (χ0n) is 14.4. The second-order valence-electron chi connectivity index (χ2n) is 5.93. The van der Waals surface area contributed by atoms with Gasteiger partial charge in [0, 0.05) is 13.0 Å². The van der Waals surface area contributed by atoms with E-state index in [4.69, 9.17) is 20.4 Å². The maximum atomic E-state index is 12.4. The Balaban J connectivity index is 0.000000765. The number of para-hydroxylation sites is 1. The zero-order valence-corrected chi connectivity index (χ0v) is 14.4. The summed E-state index contributed by atoms with van der Waals surface area (Å²) in [6, 6.07) is 4.84. The maximum Gasteiger partial charge on any atom is 0.422 e. The van der Waals surface area contributed by atoms with Gasteiger partial charge >= 0.3 is 6.18 Å². The number of aliphatic carboxylic acids is 1. The first-order valence-electron chi connectivity index (χ1n) is 8.14. The van der Waals surface area contributed by atoms with E-state index in [1.807, 2.05) is 0 Å². The van der Waals surface area contributed by atoms with Crippen LogP contribution in [0.4, 0.5) is 13.2 Å². The Bertz CT molecular complexity index is 611. The van der Waals surface area contributed by atoms with Gasteiger partial charge in [-0.15, -0.1) is 0 Å². The molecule has 0 aromatic heterocycles. The third-order valence-corrected chi connectivity index (χ3v) is 3.62. The molecule has 0 aliphatic carbocycles. The minimum absolute atomic E-state index is 0.0161. The maximum absolute atomic E-state index is 12.4. The first-order chi connectivity index (χ1) is 12.1. The summed E-state index contributed by atoms with van der Waals surface area (Å²) in [5.41, 5.74) is 5.79. The molecule has 0 saturated carbocycles. The fraction of sp³-hybridized carbons (Fsp3) is 0.529. The van der Waals surface area contributed by atoms with Crippen LogP contribution in [0.15, 0.2) is 18.2 Å². The topological polar surface area (TPSA) is 102 Å². The van der Waals surface area contributed by atoms with E-state index < -0.39 is 24.7 Å². The molecule has 146 valence electrons. The van der Waals surface area contributed by atoms with Gasteiger partial charge in [0.25, 0.3) is 11.9 Å². The molecule has 4 N–H and O–H groups in total. The first kappa shape index (κ1) is 21.8. The Labute approximate surface area is 149 Å². The Morgan fingerprint density at radius 1 is 1.35 bits per heavy atom. The lowest BCUT2D eigenvalue weighted by Gasteiger charge is -2.25. The molecular weight excluding hydrogens is 353 g/mol. The molecule has 0 radical (unpaired) electrons. The fourth-order valence-corrected chi connectivity index (χ4v) is 2.63. The van der Waals surface area contributed by atoms with Crippen molar-refractivity contribution in [3.8, 4) is 5.75 Å². The van der Waals surface area contributed by atoms with Gasteiger partial charge in [-0.3, -0.25) is 9.59 Å². The van der Waals surface area contributed by atoms with Gasteiger partial charge in [0.05, 0.1) is 5.56 Å².